The van der Waals surface area contributed by atoms with Crippen molar-refractivity contribution in [2.24, 2.45) is 5.73 Å². The van der Waals surface area contributed by atoms with Crippen molar-refractivity contribution < 1.29 is 4.39 Å². The summed E-state index contributed by atoms with van der Waals surface area (Å²) in [7, 11) is 0. The van der Waals surface area contributed by atoms with Gasteiger partial charge in [-0.05, 0) is 73.6 Å². The fourth-order valence-electron chi connectivity index (χ4n) is 2.48. The van der Waals surface area contributed by atoms with Gasteiger partial charge in [-0.2, -0.15) is 0 Å². The maximum atomic E-state index is 13.1. The summed E-state index contributed by atoms with van der Waals surface area (Å²) in [5.41, 5.74) is 12.2. The lowest BCUT2D eigenvalue weighted by Gasteiger charge is -2.14. The Hall–Kier alpha value is -1.67. The maximum Gasteiger partial charge on any atom is 0.123 e. The standard InChI is InChI=1S/C18H22FN/c1-12-4-5-15(8-13(12)2)10-18(20)11-16-6-7-17(19)9-14(16)3/h4-9,18H,10-11,20H2,1-3H3. The molecule has 0 fully saturated rings. The van der Waals surface area contributed by atoms with Crippen LogP contribution in [0.15, 0.2) is 36.4 Å². The Balaban J connectivity index is 2.04. The van der Waals surface area contributed by atoms with Crippen molar-refractivity contribution in [2.45, 2.75) is 39.7 Å². The number of benzene rings is 2. The molecule has 2 aromatic rings. The van der Waals surface area contributed by atoms with Crippen LogP contribution in [0, 0.1) is 26.6 Å². The van der Waals surface area contributed by atoms with Crippen molar-refractivity contribution in [2.75, 3.05) is 0 Å². The van der Waals surface area contributed by atoms with Crippen molar-refractivity contribution >= 4 is 0 Å². The highest BCUT2D eigenvalue weighted by atomic mass is 19.1. The van der Waals surface area contributed by atoms with Crippen LogP contribution in [0.5, 0.6) is 0 Å². The minimum Gasteiger partial charge on any atom is -0.327 e. The van der Waals surface area contributed by atoms with Crippen LogP contribution in [-0.4, -0.2) is 6.04 Å². The number of aryl methyl sites for hydroxylation is 3. The predicted molar refractivity (Wildman–Crippen MR) is 82.4 cm³/mol. The Morgan fingerprint density at radius 1 is 0.900 bits per heavy atom. The number of halogens is 1. The van der Waals surface area contributed by atoms with E-state index in [1.165, 1.54) is 22.8 Å². The van der Waals surface area contributed by atoms with E-state index in [-0.39, 0.29) is 11.9 Å². The zero-order chi connectivity index (χ0) is 14.7. The van der Waals surface area contributed by atoms with Gasteiger partial charge in [-0.3, -0.25) is 0 Å². The van der Waals surface area contributed by atoms with Crippen LogP contribution in [0.25, 0.3) is 0 Å². The molecule has 0 saturated carbocycles. The van der Waals surface area contributed by atoms with Gasteiger partial charge in [0.2, 0.25) is 0 Å². The summed E-state index contributed by atoms with van der Waals surface area (Å²) in [6.07, 6.45) is 1.62. The first kappa shape index (κ1) is 14.7. The van der Waals surface area contributed by atoms with Gasteiger partial charge < -0.3 is 5.73 Å². The molecule has 106 valence electrons. The molecule has 1 unspecified atom stereocenters. The summed E-state index contributed by atoms with van der Waals surface area (Å²) in [5.74, 6) is -0.186. The summed E-state index contributed by atoms with van der Waals surface area (Å²) in [6.45, 7) is 6.16. The fourth-order valence-corrected chi connectivity index (χ4v) is 2.48. The van der Waals surface area contributed by atoms with Crippen LogP contribution in [0.1, 0.15) is 27.8 Å². The third-order valence-electron chi connectivity index (χ3n) is 3.86. The number of hydrogen-bond donors (Lipinski definition) is 1. The molecule has 0 radical (unpaired) electrons. The van der Waals surface area contributed by atoms with E-state index in [2.05, 4.69) is 32.0 Å². The average molecular weight is 271 g/mol. The molecule has 0 aliphatic carbocycles. The first-order chi connectivity index (χ1) is 9.45. The highest BCUT2D eigenvalue weighted by Crippen LogP contribution is 2.15. The molecule has 2 aromatic carbocycles. The van der Waals surface area contributed by atoms with Crippen LogP contribution in [-0.2, 0) is 12.8 Å². The second-order valence-electron chi connectivity index (χ2n) is 5.66. The van der Waals surface area contributed by atoms with Crippen molar-refractivity contribution in [1.82, 2.24) is 0 Å². The molecule has 0 heterocycles. The largest absolute Gasteiger partial charge is 0.327 e. The Kier molecular flexibility index (Phi) is 4.56. The third kappa shape index (κ3) is 3.67. The van der Waals surface area contributed by atoms with Gasteiger partial charge >= 0.3 is 0 Å². The monoisotopic (exact) mass is 271 g/mol. The lowest BCUT2D eigenvalue weighted by atomic mass is 9.95. The number of nitrogens with two attached hydrogens (primary N) is 1. The van der Waals surface area contributed by atoms with E-state index in [0.717, 1.165) is 24.0 Å². The van der Waals surface area contributed by atoms with Gasteiger partial charge in [-0.25, -0.2) is 4.39 Å². The first-order valence-electron chi connectivity index (χ1n) is 7.02. The molecule has 0 aromatic heterocycles. The SMILES string of the molecule is Cc1ccc(CC(N)Cc2ccc(F)cc2C)cc1C. The van der Waals surface area contributed by atoms with Gasteiger partial charge in [0.05, 0.1) is 0 Å². The lowest BCUT2D eigenvalue weighted by Crippen LogP contribution is -2.26. The Bertz CT molecular complexity index is 604. The van der Waals surface area contributed by atoms with Gasteiger partial charge in [-0.1, -0.05) is 24.3 Å². The second-order valence-corrected chi connectivity index (χ2v) is 5.66. The molecule has 2 heteroatoms. The maximum absolute atomic E-state index is 13.1. The van der Waals surface area contributed by atoms with E-state index < -0.39 is 0 Å². The summed E-state index contributed by atoms with van der Waals surface area (Å²) in [6, 6.07) is 11.4. The van der Waals surface area contributed by atoms with Crippen molar-refractivity contribution in [3.8, 4) is 0 Å². The smallest absolute Gasteiger partial charge is 0.123 e. The van der Waals surface area contributed by atoms with Crippen molar-refractivity contribution in [1.29, 1.82) is 0 Å². The summed E-state index contributed by atoms with van der Waals surface area (Å²) in [4.78, 5) is 0. The van der Waals surface area contributed by atoms with Crippen molar-refractivity contribution in [3.63, 3.8) is 0 Å². The molecule has 1 nitrogen and oxygen atoms in total. The van der Waals surface area contributed by atoms with Crippen LogP contribution in [0.4, 0.5) is 4.39 Å². The van der Waals surface area contributed by atoms with Gasteiger partial charge in [0.25, 0.3) is 0 Å². The fraction of sp³-hybridized carbons (Fsp3) is 0.333. The molecule has 2 N–H and O–H groups in total. The van der Waals surface area contributed by atoms with Gasteiger partial charge in [0.15, 0.2) is 0 Å². The highest BCUT2D eigenvalue weighted by molar-refractivity contribution is 5.31. The van der Waals surface area contributed by atoms with E-state index in [4.69, 9.17) is 5.73 Å². The summed E-state index contributed by atoms with van der Waals surface area (Å²) < 4.78 is 13.1. The van der Waals surface area contributed by atoms with Crippen LogP contribution >= 0.6 is 0 Å². The molecular formula is C18H22FN. The zero-order valence-electron chi connectivity index (χ0n) is 12.4. The number of hydrogen-bond acceptors (Lipinski definition) is 1. The highest BCUT2D eigenvalue weighted by Gasteiger charge is 2.08. The number of rotatable bonds is 4. The molecule has 0 bridgehead atoms. The average Bonchev–Trinajstić information content (AvgIpc) is 2.37. The molecule has 0 aliphatic rings. The van der Waals surface area contributed by atoms with Gasteiger partial charge in [0, 0.05) is 6.04 Å². The molecule has 0 saturated heterocycles. The molecule has 0 amide bonds. The van der Waals surface area contributed by atoms with E-state index in [1.807, 2.05) is 13.0 Å². The predicted octanol–water partition coefficient (Wildman–Crippen LogP) is 3.86. The molecule has 1 atom stereocenters. The minimum atomic E-state index is -0.186. The van der Waals surface area contributed by atoms with Crippen LogP contribution < -0.4 is 5.73 Å². The van der Waals surface area contributed by atoms with E-state index in [9.17, 15) is 4.39 Å². The van der Waals surface area contributed by atoms with Crippen LogP contribution in [0.3, 0.4) is 0 Å². The topological polar surface area (TPSA) is 26.0 Å². The minimum absolute atomic E-state index is 0.0567. The molecule has 2 rings (SSSR count). The molecule has 20 heavy (non-hydrogen) atoms. The molecular weight excluding hydrogens is 249 g/mol. The Morgan fingerprint density at radius 2 is 1.65 bits per heavy atom. The van der Waals surface area contributed by atoms with Gasteiger partial charge in [-0.15, -0.1) is 0 Å². The molecule has 0 aliphatic heterocycles. The molecule has 0 spiro atoms. The van der Waals surface area contributed by atoms with Gasteiger partial charge in [0.1, 0.15) is 5.82 Å². The zero-order valence-corrected chi connectivity index (χ0v) is 12.4. The Morgan fingerprint density at radius 3 is 2.30 bits per heavy atom. The normalized spacial score (nSPS) is 12.4. The lowest BCUT2D eigenvalue weighted by molar-refractivity contribution is 0.621. The third-order valence-corrected chi connectivity index (χ3v) is 3.86. The summed E-state index contributed by atoms with van der Waals surface area (Å²) >= 11 is 0. The van der Waals surface area contributed by atoms with Crippen molar-refractivity contribution in [3.05, 3.63) is 70.0 Å². The Labute approximate surface area is 120 Å². The van der Waals surface area contributed by atoms with E-state index in [1.54, 1.807) is 6.07 Å². The van der Waals surface area contributed by atoms with Crippen LogP contribution in [0.2, 0.25) is 0 Å². The summed E-state index contributed by atoms with van der Waals surface area (Å²) in [5, 5.41) is 0. The van der Waals surface area contributed by atoms with E-state index in [0.29, 0.717) is 0 Å². The quantitative estimate of drug-likeness (QED) is 0.897. The first-order valence-corrected chi connectivity index (χ1v) is 7.02. The second kappa shape index (κ2) is 6.19. The van der Waals surface area contributed by atoms with E-state index >= 15 is 0 Å².